The number of nitrogens with one attached hydrogen (secondary N) is 2. The van der Waals surface area contributed by atoms with Crippen LogP contribution in [0.2, 0.25) is 0 Å². The van der Waals surface area contributed by atoms with Gasteiger partial charge in [0.15, 0.2) is 0 Å². The molecule has 0 bridgehead atoms. The lowest BCUT2D eigenvalue weighted by Crippen LogP contribution is -2.35. The van der Waals surface area contributed by atoms with Crippen LogP contribution in [0.15, 0.2) is 48.8 Å². The van der Waals surface area contributed by atoms with E-state index in [1.54, 1.807) is 12.3 Å². The van der Waals surface area contributed by atoms with Crippen LogP contribution in [0, 0.1) is 0 Å². The van der Waals surface area contributed by atoms with Crippen LogP contribution in [0.25, 0.3) is 10.9 Å². The van der Waals surface area contributed by atoms with Gasteiger partial charge >= 0.3 is 0 Å². The summed E-state index contributed by atoms with van der Waals surface area (Å²) in [5, 5.41) is 10.9. The van der Waals surface area contributed by atoms with Crippen molar-refractivity contribution in [2.75, 3.05) is 5.32 Å². The Morgan fingerprint density at radius 1 is 1.11 bits per heavy atom. The van der Waals surface area contributed by atoms with Crippen LogP contribution < -0.4 is 10.6 Å². The van der Waals surface area contributed by atoms with Gasteiger partial charge in [-0.2, -0.15) is 5.10 Å². The standard InChI is InChI=1S/C20H21N5O2/c26-19(22-15-6-2-3-7-15)13-25-12-16(11-21-25)23-20(27)18-10-9-14-5-1-4-8-17(14)24-18/h1,4-5,8-12,15H,2-3,6-7,13H2,(H,22,26)(H,23,27). The molecule has 0 aliphatic heterocycles. The fourth-order valence-corrected chi connectivity index (χ4v) is 3.39. The van der Waals surface area contributed by atoms with Gasteiger partial charge in [-0.25, -0.2) is 4.98 Å². The maximum absolute atomic E-state index is 12.4. The first-order valence-corrected chi connectivity index (χ1v) is 9.16. The third kappa shape index (κ3) is 4.13. The van der Waals surface area contributed by atoms with E-state index >= 15 is 0 Å². The highest BCUT2D eigenvalue weighted by molar-refractivity contribution is 6.03. The zero-order chi connectivity index (χ0) is 18.6. The van der Waals surface area contributed by atoms with Crippen LogP contribution in [0.5, 0.6) is 0 Å². The molecule has 7 heteroatoms. The number of fused-ring (bicyclic) bond motifs is 1. The Morgan fingerprint density at radius 3 is 2.78 bits per heavy atom. The van der Waals surface area contributed by atoms with Gasteiger partial charge in [-0.1, -0.05) is 37.1 Å². The Hall–Kier alpha value is -3.22. The minimum Gasteiger partial charge on any atom is -0.352 e. The van der Waals surface area contributed by atoms with Crippen molar-refractivity contribution in [3.63, 3.8) is 0 Å². The Labute approximate surface area is 156 Å². The monoisotopic (exact) mass is 363 g/mol. The zero-order valence-electron chi connectivity index (χ0n) is 14.9. The van der Waals surface area contributed by atoms with Gasteiger partial charge in [0, 0.05) is 17.6 Å². The highest BCUT2D eigenvalue weighted by atomic mass is 16.2. The topological polar surface area (TPSA) is 88.9 Å². The summed E-state index contributed by atoms with van der Waals surface area (Å²) in [6, 6.07) is 11.5. The van der Waals surface area contributed by atoms with Crippen molar-refractivity contribution in [2.24, 2.45) is 0 Å². The predicted molar refractivity (Wildman–Crippen MR) is 102 cm³/mol. The van der Waals surface area contributed by atoms with E-state index in [0.29, 0.717) is 11.4 Å². The maximum atomic E-state index is 12.4. The largest absolute Gasteiger partial charge is 0.352 e. The Bertz CT molecular complexity index is 975. The van der Waals surface area contributed by atoms with E-state index in [1.807, 2.05) is 30.3 Å². The maximum Gasteiger partial charge on any atom is 0.274 e. The predicted octanol–water partition coefficient (Wildman–Crippen LogP) is 2.74. The fraction of sp³-hybridized carbons (Fsp3) is 0.300. The van der Waals surface area contributed by atoms with Crippen molar-refractivity contribution < 1.29 is 9.59 Å². The smallest absolute Gasteiger partial charge is 0.274 e. The number of benzene rings is 1. The number of hydrogen-bond donors (Lipinski definition) is 2. The number of amides is 2. The molecule has 1 aliphatic rings. The van der Waals surface area contributed by atoms with Gasteiger partial charge in [0.05, 0.1) is 17.4 Å². The summed E-state index contributed by atoms with van der Waals surface area (Å²) in [5.41, 5.74) is 1.63. The van der Waals surface area contributed by atoms with Crippen LogP contribution in [-0.2, 0) is 11.3 Å². The molecule has 4 rings (SSSR count). The molecule has 1 fully saturated rings. The van der Waals surface area contributed by atoms with E-state index in [2.05, 4.69) is 20.7 Å². The molecule has 0 radical (unpaired) electrons. The number of aromatic nitrogens is 3. The number of carbonyl (C=O) groups is 2. The second kappa shape index (κ2) is 7.57. The van der Waals surface area contributed by atoms with Gasteiger partial charge in [-0.15, -0.1) is 0 Å². The molecule has 2 heterocycles. The molecule has 2 aromatic heterocycles. The summed E-state index contributed by atoms with van der Waals surface area (Å²) >= 11 is 0. The lowest BCUT2D eigenvalue weighted by atomic mass is 10.2. The third-order valence-corrected chi connectivity index (χ3v) is 4.75. The second-order valence-corrected chi connectivity index (χ2v) is 6.82. The fourth-order valence-electron chi connectivity index (χ4n) is 3.39. The molecular weight excluding hydrogens is 342 g/mol. The molecule has 7 nitrogen and oxygen atoms in total. The molecule has 0 atom stereocenters. The van der Waals surface area contributed by atoms with Crippen LogP contribution in [-0.4, -0.2) is 32.6 Å². The summed E-state index contributed by atoms with van der Waals surface area (Å²) in [6.45, 7) is 0.139. The summed E-state index contributed by atoms with van der Waals surface area (Å²) in [6.07, 6.45) is 7.61. The third-order valence-electron chi connectivity index (χ3n) is 4.75. The average molecular weight is 363 g/mol. The van der Waals surface area contributed by atoms with Gasteiger partial charge in [0.25, 0.3) is 5.91 Å². The van der Waals surface area contributed by atoms with Crippen LogP contribution in [0.1, 0.15) is 36.2 Å². The first-order chi connectivity index (χ1) is 13.2. The minimum absolute atomic E-state index is 0.0564. The van der Waals surface area contributed by atoms with Crippen LogP contribution >= 0.6 is 0 Å². The minimum atomic E-state index is -0.310. The van der Waals surface area contributed by atoms with E-state index in [1.165, 1.54) is 23.7 Å². The van der Waals surface area contributed by atoms with E-state index in [-0.39, 0.29) is 24.4 Å². The number of para-hydroxylation sites is 1. The summed E-state index contributed by atoms with van der Waals surface area (Å²) in [7, 11) is 0. The van der Waals surface area contributed by atoms with Gasteiger partial charge < -0.3 is 10.6 Å². The first-order valence-electron chi connectivity index (χ1n) is 9.16. The molecule has 1 aliphatic carbocycles. The number of rotatable bonds is 5. The van der Waals surface area contributed by atoms with E-state index in [4.69, 9.17) is 0 Å². The molecule has 2 amide bonds. The average Bonchev–Trinajstić information content (AvgIpc) is 3.33. The van der Waals surface area contributed by atoms with Crippen molar-refractivity contribution >= 4 is 28.4 Å². The lowest BCUT2D eigenvalue weighted by Gasteiger charge is -2.11. The Kier molecular flexibility index (Phi) is 4.82. The summed E-state index contributed by atoms with van der Waals surface area (Å²) < 4.78 is 1.52. The molecule has 2 N–H and O–H groups in total. The van der Waals surface area contributed by atoms with E-state index < -0.39 is 0 Å². The number of carbonyl (C=O) groups excluding carboxylic acids is 2. The van der Waals surface area contributed by atoms with Gasteiger partial charge in [0.2, 0.25) is 5.91 Å². The number of hydrogen-bond acceptors (Lipinski definition) is 4. The molecule has 1 saturated carbocycles. The lowest BCUT2D eigenvalue weighted by molar-refractivity contribution is -0.122. The number of anilines is 1. The summed E-state index contributed by atoms with van der Waals surface area (Å²) in [5.74, 6) is -0.366. The quantitative estimate of drug-likeness (QED) is 0.729. The molecule has 0 unspecified atom stereocenters. The van der Waals surface area contributed by atoms with Gasteiger partial charge in [0.1, 0.15) is 12.2 Å². The molecule has 0 saturated heterocycles. The van der Waals surface area contributed by atoms with Crippen molar-refractivity contribution in [1.82, 2.24) is 20.1 Å². The first kappa shape index (κ1) is 17.2. The van der Waals surface area contributed by atoms with Crippen molar-refractivity contribution in [2.45, 2.75) is 38.3 Å². The number of nitrogens with zero attached hydrogens (tertiary/aromatic N) is 3. The molecule has 138 valence electrons. The van der Waals surface area contributed by atoms with E-state index in [0.717, 1.165) is 23.7 Å². The SMILES string of the molecule is O=C(Cn1cc(NC(=O)c2ccc3ccccc3n2)cn1)NC1CCCC1. The second-order valence-electron chi connectivity index (χ2n) is 6.82. The van der Waals surface area contributed by atoms with Crippen LogP contribution in [0.4, 0.5) is 5.69 Å². The van der Waals surface area contributed by atoms with Gasteiger partial charge in [-0.3, -0.25) is 14.3 Å². The van der Waals surface area contributed by atoms with Crippen LogP contribution in [0.3, 0.4) is 0 Å². The van der Waals surface area contributed by atoms with Crippen molar-refractivity contribution in [3.8, 4) is 0 Å². The van der Waals surface area contributed by atoms with E-state index in [9.17, 15) is 9.59 Å². The number of pyridine rings is 1. The van der Waals surface area contributed by atoms with Crippen molar-refractivity contribution in [1.29, 1.82) is 0 Å². The molecule has 3 aromatic rings. The normalized spacial score (nSPS) is 14.4. The molecular formula is C20H21N5O2. The molecule has 27 heavy (non-hydrogen) atoms. The highest BCUT2D eigenvalue weighted by Gasteiger charge is 2.17. The highest BCUT2D eigenvalue weighted by Crippen LogP contribution is 2.17. The van der Waals surface area contributed by atoms with Gasteiger partial charge in [-0.05, 0) is 25.0 Å². The summed E-state index contributed by atoms with van der Waals surface area (Å²) in [4.78, 5) is 28.9. The molecule has 1 aromatic carbocycles. The molecule has 0 spiro atoms. The Morgan fingerprint density at radius 2 is 1.93 bits per heavy atom. The zero-order valence-corrected chi connectivity index (χ0v) is 14.9. The Balaban J connectivity index is 1.37. The van der Waals surface area contributed by atoms with Crippen molar-refractivity contribution in [3.05, 3.63) is 54.5 Å².